The first-order chi connectivity index (χ1) is 21.5. The first-order valence-electron chi connectivity index (χ1n) is 15.3. The molecule has 0 radical (unpaired) electrons. The largest absolute Gasteiger partial charge is 0.510 e. The molecule has 5 heterocycles. The summed E-state index contributed by atoms with van der Waals surface area (Å²) in [6.45, 7) is 9.82. The van der Waals surface area contributed by atoms with E-state index in [-0.39, 0.29) is 36.6 Å². The Morgan fingerprint density at radius 3 is 2.27 bits per heavy atom. The Kier molecular flexibility index (Phi) is 7.72. The maximum absolute atomic E-state index is 13.3. The van der Waals surface area contributed by atoms with Gasteiger partial charge >= 0.3 is 11.9 Å². The Bertz CT molecular complexity index is 1800. The lowest BCUT2D eigenvalue weighted by atomic mass is 9.84. The number of fused-ring (bicyclic) bond motifs is 5. The number of aliphatic hydroxyl groups is 2. The van der Waals surface area contributed by atoms with Crippen LogP contribution in [0.3, 0.4) is 0 Å². The summed E-state index contributed by atoms with van der Waals surface area (Å²) in [4.78, 5) is 40.5. The van der Waals surface area contributed by atoms with Gasteiger partial charge in [-0.2, -0.15) is 0 Å². The van der Waals surface area contributed by atoms with E-state index in [9.17, 15) is 19.8 Å². The molecule has 10 nitrogen and oxygen atoms in total. The van der Waals surface area contributed by atoms with Gasteiger partial charge in [0.25, 0.3) is 0 Å². The van der Waals surface area contributed by atoms with Crippen molar-refractivity contribution >= 4 is 29.1 Å². The summed E-state index contributed by atoms with van der Waals surface area (Å²) in [5.41, 5.74) is 11.1. The van der Waals surface area contributed by atoms with E-state index in [0.717, 1.165) is 51.4 Å². The van der Waals surface area contributed by atoms with Gasteiger partial charge in [-0.25, -0.2) is 15.0 Å². The highest BCUT2D eigenvalue weighted by atomic mass is 18.2. The molecule has 6 aliphatic rings. The van der Waals surface area contributed by atoms with Crippen LogP contribution in [0.2, 0.25) is 0 Å². The minimum atomic E-state index is -1.08. The normalized spacial score (nSPS) is 25.4. The Morgan fingerprint density at radius 1 is 0.956 bits per heavy atom. The van der Waals surface area contributed by atoms with Crippen LogP contribution in [-0.4, -0.2) is 60.1 Å². The number of nitrogens with zero attached hydrogens (tertiary/aromatic N) is 3. The van der Waals surface area contributed by atoms with Gasteiger partial charge in [-0.1, -0.05) is 13.8 Å². The number of carbonyl (C=O) groups is 2. The standard InChI is InChI=1S/C35H38N4O6/c1-8-19-15(2)23-12-27-21(14-40)17(4)22(37-27)11-24-16(3)20(9-10-28(41)44-6)32(38-24)30-31(35(43)45-7)34(42)29-18(5)25(39-33(29)30)13-26(19)36-23/h11-13,16,20,31,38,40,42H,8-10,14H2,1-7H3/t16-,20-,31+/m0/s1/i40+2. The van der Waals surface area contributed by atoms with Crippen molar-refractivity contribution in [2.24, 2.45) is 32.7 Å². The topological polar surface area (TPSA) is 142 Å². The minimum Gasteiger partial charge on any atom is -0.510 e. The minimum absolute atomic E-state index is 0.106. The van der Waals surface area contributed by atoms with Crippen molar-refractivity contribution in [3.63, 3.8) is 0 Å². The van der Waals surface area contributed by atoms with Crippen LogP contribution in [0.4, 0.5) is 0 Å². The molecule has 8 bridgehead atoms. The van der Waals surface area contributed by atoms with Crippen molar-refractivity contribution in [2.45, 2.75) is 53.9 Å². The summed E-state index contributed by atoms with van der Waals surface area (Å²) >= 11 is 0. The highest BCUT2D eigenvalue weighted by molar-refractivity contribution is 6.24. The van der Waals surface area contributed by atoms with Crippen molar-refractivity contribution in [2.75, 3.05) is 20.8 Å². The number of aliphatic hydroxyl groups excluding tert-OH is 2. The van der Waals surface area contributed by atoms with Crippen LogP contribution in [0.25, 0.3) is 0 Å². The summed E-state index contributed by atoms with van der Waals surface area (Å²) < 4.78 is 10.1. The van der Waals surface area contributed by atoms with Gasteiger partial charge in [-0.3, -0.25) is 9.59 Å². The number of carbonyl (C=O) groups excluding carboxylic acids is 2. The van der Waals surface area contributed by atoms with Crippen molar-refractivity contribution in [3.8, 4) is 0 Å². The molecule has 0 unspecified atom stereocenters. The molecule has 0 spiro atoms. The number of hydrogen-bond acceptors (Lipinski definition) is 10. The van der Waals surface area contributed by atoms with Crippen molar-refractivity contribution in [1.82, 2.24) is 5.32 Å². The van der Waals surface area contributed by atoms with Gasteiger partial charge in [0.15, 0.2) is 0 Å². The fraction of sp³-hybridized carbons (Fsp3) is 0.400. The van der Waals surface area contributed by atoms with E-state index in [1.807, 2.05) is 39.0 Å². The molecule has 45 heavy (non-hydrogen) atoms. The van der Waals surface area contributed by atoms with E-state index in [4.69, 9.17) is 24.5 Å². The number of rotatable bonds is 6. The summed E-state index contributed by atoms with van der Waals surface area (Å²) in [7, 11) is 2.66. The van der Waals surface area contributed by atoms with Crippen LogP contribution >= 0.6 is 0 Å². The van der Waals surface area contributed by atoms with Gasteiger partial charge in [-0.15, -0.1) is 0 Å². The lowest BCUT2D eigenvalue weighted by Gasteiger charge is -2.20. The number of esters is 2. The van der Waals surface area contributed by atoms with Crippen LogP contribution in [0.1, 0.15) is 53.9 Å². The average Bonchev–Trinajstić information content (AvgIpc) is 3.76. The summed E-state index contributed by atoms with van der Waals surface area (Å²) in [6.07, 6.45) is 7.17. The molecule has 3 N–H and O–H groups in total. The lowest BCUT2D eigenvalue weighted by molar-refractivity contribution is -0.143. The smallest absolute Gasteiger partial charge is 0.321 e. The number of hydrogen-bond donors (Lipinski definition) is 3. The maximum atomic E-state index is 13.3. The summed E-state index contributed by atoms with van der Waals surface area (Å²) in [5.74, 6) is -2.47. The third-order valence-electron chi connectivity index (χ3n) is 9.78. The monoisotopic (exact) mass is 612 g/mol. The Hall–Kier alpha value is -4.57. The molecule has 234 valence electrons. The molecule has 10 heteroatoms. The number of allylic oxidation sites excluding steroid dienone is 10. The van der Waals surface area contributed by atoms with E-state index < -0.39 is 11.9 Å². The molecule has 0 saturated carbocycles. The van der Waals surface area contributed by atoms with Gasteiger partial charge < -0.3 is 25.0 Å². The zero-order chi connectivity index (χ0) is 32.3. The van der Waals surface area contributed by atoms with Crippen molar-refractivity contribution in [3.05, 3.63) is 91.5 Å². The first-order valence-corrected chi connectivity index (χ1v) is 15.3. The first kappa shape index (κ1) is 30.5. The van der Waals surface area contributed by atoms with Crippen LogP contribution in [0.5, 0.6) is 0 Å². The van der Waals surface area contributed by atoms with Crippen molar-refractivity contribution < 1.29 is 29.3 Å². The number of aliphatic imine (C=N–C) groups is 3. The second-order valence-electron chi connectivity index (χ2n) is 12.0. The van der Waals surface area contributed by atoms with E-state index >= 15 is 0 Å². The highest BCUT2D eigenvalue weighted by Gasteiger charge is 2.49. The van der Waals surface area contributed by atoms with E-state index in [1.165, 1.54) is 14.2 Å². The Balaban J connectivity index is 1.65. The second kappa shape index (κ2) is 11.4. The SMILES string of the molecule is CCC1=C(C)C2=NC1=CC1=C(C)C3=C(O)[C@H](C(=O)OC)C(=C4NC(=CC5=NC(=C2)C(C[18OH])=C5C)[C@@H](C)[C@@H]4CCC(=O)OC)C3=N1. The summed E-state index contributed by atoms with van der Waals surface area (Å²) in [6, 6.07) is 0. The molecule has 0 aromatic rings. The van der Waals surface area contributed by atoms with E-state index in [0.29, 0.717) is 46.1 Å². The molecule has 1 saturated heterocycles. The number of methoxy groups -OCH3 is 2. The molecule has 3 atom stereocenters. The third-order valence-corrected chi connectivity index (χ3v) is 9.78. The molecular weight excluding hydrogens is 574 g/mol. The maximum Gasteiger partial charge on any atom is 0.321 e. The van der Waals surface area contributed by atoms with Crippen LogP contribution < -0.4 is 5.32 Å². The molecular formula is C35H38N4O6. The molecule has 5 aliphatic heterocycles. The van der Waals surface area contributed by atoms with E-state index in [1.54, 1.807) is 0 Å². The van der Waals surface area contributed by atoms with Gasteiger partial charge in [0, 0.05) is 46.4 Å². The van der Waals surface area contributed by atoms with Gasteiger partial charge in [0.05, 0.1) is 55.1 Å². The van der Waals surface area contributed by atoms with Crippen molar-refractivity contribution in [1.29, 1.82) is 0 Å². The third kappa shape index (κ3) is 4.70. The average molecular weight is 613 g/mol. The fourth-order valence-electron chi connectivity index (χ4n) is 7.12. The quantitative estimate of drug-likeness (QED) is 0.283. The highest BCUT2D eigenvalue weighted by Crippen LogP contribution is 2.49. The zero-order valence-corrected chi connectivity index (χ0v) is 26.7. The van der Waals surface area contributed by atoms with Crippen LogP contribution in [0.15, 0.2) is 106 Å². The van der Waals surface area contributed by atoms with Crippen LogP contribution in [-0.2, 0) is 19.1 Å². The van der Waals surface area contributed by atoms with Crippen LogP contribution in [0, 0.1) is 17.8 Å². The van der Waals surface area contributed by atoms with E-state index in [2.05, 4.69) is 19.2 Å². The molecule has 6 rings (SSSR count). The molecule has 0 aromatic heterocycles. The predicted molar refractivity (Wildman–Crippen MR) is 171 cm³/mol. The zero-order valence-electron chi connectivity index (χ0n) is 26.7. The molecule has 0 amide bonds. The molecule has 1 fully saturated rings. The van der Waals surface area contributed by atoms with Gasteiger partial charge in [0.2, 0.25) is 0 Å². The predicted octanol–water partition coefficient (Wildman–Crippen LogP) is 5.00. The fourth-order valence-corrected chi connectivity index (χ4v) is 7.12. The lowest BCUT2D eigenvalue weighted by Crippen LogP contribution is -2.25. The molecule has 1 aliphatic carbocycles. The second-order valence-corrected chi connectivity index (χ2v) is 12.0. The Labute approximate surface area is 262 Å². The van der Waals surface area contributed by atoms with Gasteiger partial charge in [-0.05, 0) is 74.1 Å². The molecule has 0 aromatic carbocycles. The number of nitrogens with one attached hydrogen (secondary N) is 1. The number of ether oxygens (including phenoxy) is 2. The van der Waals surface area contributed by atoms with Gasteiger partial charge in [0.1, 0.15) is 11.7 Å². The Morgan fingerprint density at radius 2 is 1.62 bits per heavy atom. The summed E-state index contributed by atoms with van der Waals surface area (Å²) in [5, 5.41) is 25.6.